The van der Waals surface area contributed by atoms with Crippen LogP contribution in [0.4, 0.5) is 0 Å². The molecule has 0 saturated carbocycles. The molecule has 0 radical (unpaired) electrons. The number of carboxylic acid groups (broad SMARTS) is 1. The highest BCUT2D eigenvalue weighted by Crippen LogP contribution is 2.24. The molecule has 20 heavy (non-hydrogen) atoms. The highest BCUT2D eigenvalue weighted by Gasteiger charge is 2.10. The Bertz CT molecular complexity index is 588. The van der Waals surface area contributed by atoms with Crippen molar-refractivity contribution in [3.05, 3.63) is 65.2 Å². The Labute approximate surface area is 118 Å². The second-order valence-electron chi connectivity index (χ2n) is 5.02. The zero-order valence-corrected chi connectivity index (χ0v) is 11.7. The molecule has 2 aromatic rings. The van der Waals surface area contributed by atoms with Crippen molar-refractivity contribution in [3.8, 4) is 5.75 Å². The highest BCUT2D eigenvalue weighted by molar-refractivity contribution is 5.88. The molecule has 0 aliphatic rings. The maximum Gasteiger partial charge on any atom is 0.335 e. The lowest BCUT2D eigenvalue weighted by Gasteiger charge is -2.12. The molecule has 0 amide bonds. The molecule has 3 heteroatoms. The van der Waals surface area contributed by atoms with E-state index in [1.807, 2.05) is 50.2 Å². The van der Waals surface area contributed by atoms with Crippen LogP contribution in [0.15, 0.2) is 48.5 Å². The Morgan fingerprint density at radius 2 is 1.85 bits per heavy atom. The number of hydrogen-bond donors (Lipinski definition) is 1. The molecule has 0 unspecified atom stereocenters. The van der Waals surface area contributed by atoms with Gasteiger partial charge in [0.2, 0.25) is 0 Å². The number of aromatic carboxylic acids is 1. The van der Waals surface area contributed by atoms with E-state index in [0.717, 1.165) is 11.1 Å². The van der Waals surface area contributed by atoms with Gasteiger partial charge in [-0.05, 0) is 35.2 Å². The standard InChI is InChI=1S/C17H18O3/c1-12(2)14-8-15(17(18)19)10-16(9-14)20-11-13-6-4-3-5-7-13/h3-10,12H,11H2,1-2H3,(H,18,19). The number of carboxylic acids is 1. The summed E-state index contributed by atoms with van der Waals surface area (Å²) in [6.07, 6.45) is 0. The van der Waals surface area contributed by atoms with E-state index in [1.165, 1.54) is 0 Å². The molecule has 0 heterocycles. The van der Waals surface area contributed by atoms with Crippen LogP contribution in [0.1, 0.15) is 41.3 Å². The molecule has 2 aromatic carbocycles. The first-order valence-corrected chi connectivity index (χ1v) is 6.61. The summed E-state index contributed by atoms with van der Waals surface area (Å²) in [4.78, 5) is 11.1. The van der Waals surface area contributed by atoms with E-state index >= 15 is 0 Å². The minimum atomic E-state index is -0.933. The van der Waals surface area contributed by atoms with Crippen LogP contribution in [0.5, 0.6) is 5.75 Å². The van der Waals surface area contributed by atoms with E-state index in [2.05, 4.69) is 0 Å². The SMILES string of the molecule is CC(C)c1cc(OCc2ccccc2)cc(C(=O)O)c1. The van der Waals surface area contributed by atoms with Gasteiger partial charge in [-0.1, -0.05) is 44.2 Å². The average Bonchev–Trinajstić information content (AvgIpc) is 2.45. The van der Waals surface area contributed by atoms with Crippen LogP contribution in [0, 0.1) is 0 Å². The highest BCUT2D eigenvalue weighted by atomic mass is 16.5. The van der Waals surface area contributed by atoms with Crippen LogP contribution in [-0.2, 0) is 6.61 Å². The van der Waals surface area contributed by atoms with Crippen LogP contribution in [0.25, 0.3) is 0 Å². The van der Waals surface area contributed by atoms with Crippen molar-refractivity contribution in [2.24, 2.45) is 0 Å². The third-order valence-corrected chi connectivity index (χ3v) is 3.09. The third-order valence-electron chi connectivity index (χ3n) is 3.09. The molecule has 0 aromatic heterocycles. The summed E-state index contributed by atoms with van der Waals surface area (Å²) in [5.74, 6) is -0.0807. The number of benzene rings is 2. The molecule has 0 saturated heterocycles. The second-order valence-corrected chi connectivity index (χ2v) is 5.02. The van der Waals surface area contributed by atoms with Crippen molar-refractivity contribution in [1.82, 2.24) is 0 Å². The monoisotopic (exact) mass is 270 g/mol. The summed E-state index contributed by atoms with van der Waals surface area (Å²) in [7, 11) is 0. The minimum Gasteiger partial charge on any atom is -0.489 e. The zero-order valence-electron chi connectivity index (χ0n) is 11.7. The maximum absolute atomic E-state index is 11.1. The maximum atomic E-state index is 11.1. The number of rotatable bonds is 5. The molecule has 2 rings (SSSR count). The Kier molecular flexibility index (Phi) is 4.41. The van der Waals surface area contributed by atoms with E-state index in [1.54, 1.807) is 12.1 Å². The summed E-state index contributed by atoms with van der Waals surface area (Å²) >= 11 is 0. The third kappa shape index (κ3) is 3.60. The van der Waals surface area contributed by atoms with E-state index < -0.39 is 5.97 Å². The molecular formula is C17H18O3. The predicted octanol–water partition coefficient (Wildman–Crippen LogP) is 4.09. The Balaban J connectivity index is 2.20. The van der Waals surface area contributed by atoms with Gasteiger partial charge in [-0.25, -0.2) is 4.79 Å². The van der Waals surface area contributed by atoms with Crippen molar-refractivity contribution < 1.29 is 14.6 Å². The lowest BCUT2D eigenvalue weighted by molar-refractivity contribution is 0.0696. The van der Waals surface area contributed by atoms with Gasteiger partial charge in [-0.2, -0.15) is 0 Å². The molecule has 0 bridgehead atoms. The summed E-state index contributed by atoms with van der Waals surface area (Å²) in [5, 5.41) is 9.15. The van der Waals surface area contributed by atoms with Crippen molar-refractivity contribution >= 4 is 5.97 Å². The first kappa shape index (κ1) is 14.1. The molecule has 0 aliphatic heterocycles. The molecule has 104 valence electrons. The average molecular weight is 270 g/mol. The Morgan fingerprint density at radius 1 is 1.15 bits per heavy atom. The van der Waals surface area contributed by atoms with Crippen molar-refractivity contribution in [2.75, 3.05) is 0 Å². The van der Waals surface area contributed by atoms with Gasteiger partial charge in [-0.15, -0.1) is 0 Å². The molecular weight excluding hydrogens is 252 g/mol. The molecule has 0 aliphatic carbocycles. The van der Waals surface area contributed by atoms with Crippen LogP contribution in [-0.4, -0.2) is 11.1 Å². The smallest absolute Gasteiger partial charge is 0.335 e. The van der Waals surface area contributed by atoms with Gasteiger partial charge in [-0.3, -0.25) is 0 Å². The number of carbonyl (C=O) groups is 1. The summed E-state index contributed by atoms with van der Waals surface area (Å²) in [6.45, 7) is 4.49. The van der Waals surface area contributed by atoms with Gasteiger partial charge in [0.15, 0.2) is 0 Å². The normalized spacial score (nSPS) is 10.6. The molecule has 0 fully saturated rings. The second kappa shape index (κ2) is 6.24. The predicted molar refractivity (Wildman–Crippen MR) is 78.3 cm³/mol. The van der Waals surface area contributed by atoms with Crippen LogP contribution in [0.2, 0.25) is 0 Å². The van der Waals surface area contributed by atoms with E-state index in [9.17, 15) is 4.79 Å². The lowest BCUT2D eigenvalue weighted by atomic mass is 10.0. The van der Waals surface area contributed by atoms with Gasteiger partial charge in [0.05, 0.1) is 5.56 Å². The lowest BCUT2D eigenvalue weighted by Crippen LogP contribution is -2.02. The summed E-state index contributed by atoms with van der Waals surface area (Å²) < 4.78 is 5.71. The summed E-state index contributed by atoms with van der Waals surface area (Å²) in [6, 6.07) is 15.0. The van der Waals surface area contributed by atoms with Crippen molar-refractivity contribution in [1.29, 1.82) is 0 Å². The zero-order chi connectivity index (χ0) is 14.5. The van der Waals surface area contributed by atoms with Gasteiger partial charge >= 0.3 is 5.97 Å². The molecule has 1 N–H and O–H groups in total. The van der Waals surface area contributed by atoms with Crippen molar-refractivity contribution in [3.63, 3.8) is 0 Å². The van der Waals surface area contributed by atoms with E-state index in [-0.39, 0.29) is 11.5 Å². The van der Waals surface area contributed by atoms with Crippen LogP contribution < -0.4 is 4.74 Å². The quantitative estimate of drug-likeness (QED) is 0.890. The largest absolute Gasteiger partial charge is 0.489 e. The Morgan fingerprint density at radius 3 is 2.45 bits per heavy atom. The number of hydrogen-bond acceptors (Lipinski definition) is 2. The Hall–Kier alpha value is -2.29. The van der Waals surface area contributed by atoms with Gasteiger partial charge in [0.25, 0.3) is 0 Å². The molecule has 0 spiro atoms. The van der Waals surface area contributed by atoms with E-state index in [4.69, 9.17) is 9.84 Å². The molecule has 0 atom stereocenters. The fourth-order valence-electron chi connectivity index (χ4n) is 1.90. The number of ether oxygens (including phenoxy) is 1. The first-order valence-electron chi connectivity index (χ1n) is 6.61. The van der Waals surface area contributed by atoms with E-state index in [0.29, 0.717) is 12.4 Å². The molecule has 3 nitrogen and oxygen atoms in total. The summed E-state index contributed by atoms with van der Waals surface area (Å²) in [5.41, 5.74) is 2.28. The minimum absolute atomic E-state index is 0.258. The fraction of sp³-hybridized carbons (Fsp3) is 0.235. The van der Waals surface area contributed by atoms with Crippen LogP contribution in [0.3, 0.4) is 0 Å². The van der Waals surface area contributed by atoms with Crippen molar-refractivity contribution in [2.45, 2.75) is 26.4 Å². The van der Waals surface area contributed by atoms with Crippen LogP contribution >= 0.6 is 0 Å². The topological polar surface area (TPSA) is 46.5 Å². The van der Waals surface area contributed by atoms with Gasteiger partial charge in [0.1, 0.15) is 12.4 Å². The van der Waals surface area contributed by atoms with Gasteiger partial charge in [0, 0.05) is 0 Å². The first-order chi connectivity index (χ1) is 9.56. The fourth-order valence-corrected chi connectivity index (χ4v) is 1.90. The van der Waals surface area contributed by atoms with Gasteiger partial charge < -0.3 is 9.84 Å².